The first-order chi connectivity index (χ1) is 16.4. The fraction of sp³-hybridized carbons (Fsp3) is 0.522. The minimum atomic E-state index is -1.44. The van der Waals surface area contributed by atoms with Crippen LogP contribution in [0.25, 0.3) is 0 Å². The van der Waals surface area contributed by atoms with Crippen LogP contribution in [-0.2, 0) is 30.4 Å². The molecule has 1 aromatic carbocycles. The van der Waals surface area contributed by atoms with E-state index in [2.05, 4.69) is 28.6 Å². The van der Waals surface area contributed by atoms with Crippen molar-refractivity contribution in [3.8, 4) is 0 Å². The van der Waals surface area contributed by atoms with Crippen LogP contribution in [0.2, 0.25) is 0 Å². The van der Waals surface area contributed by atoms with Gasteiger partial charge in [-0.15, -0.1) is 0 Å². The predicted octanol–water partition coefficient (Wildman–Crippen LogP) is -0.0639. The van der Waals surface area contributed by atoms with Crippen LogP contribution in [0.1, 0.15) is 38.7 Å². The van der Waals surface area contributed by atoms with E-state index >= 15 is 0 Å². The molecule has 12 heteroatoms. The lowest BCUT2D eigenvalue weighted by Gasteiger charge is -2.25. The van der Waals surface area contributed by atoms with Crippen LogP contribution in [0.15, 0.2) is 30.3 Å². The summed E-state index contributed by atoms with van der Waals surface area (Å²) in [7, 11) is 0. The van der Waals surface area contributed by atoms with Gasteiger partial charge in [0.25, 0.3) is 0 Å². The van der Waals surface area contributed by atoms with Crippen molar-refractivity contribution in [2.45, 2.75) is 63.7 Å². The highest BCUT2D eigenvalue weighted by Gasteiger charge is 2.30. The first kappa shape index (κ1) is 29.9. The number of hydrogen-bond acceptors (Lipinski definition) is 7. The van der Waals surface area contributed by atoms with E-state index in [4.69, 9.17) is 10.8 Å². The van der Waals surface area contributed by atoms with E-state index in [1.165, 1.54) is 0 Å². The molecule has 194 valence electrons. The van der Waals surface area contributed by atoms with Gasteiger partial charge in [0.05, 0.1) is 6.04 Å². The molecule has 0 radical (unpaired) electrons. The van der Waals surface area contributed by atoms with Crippen molar-refractivity contribution in [1.82, 2.24) is 16.0 Å². The van der Waals surface area contributed by atoms with Crippen molar-refractivity contribution >= 4 is 42.3 Å². The third-order valence-electron chi connectivity index (χ3n) is 5.05. The number of rotatable bonds is 15. The minimum absolute atomic E-state index is 0.0204. The number of thiol groups is 1. The van der Waals surface area contributed by atoms with Gasteiger partial charge in [-0.1, -0.05) is 44.2 Å². The van der Waals surface area contributed by atoms with Crippen LogP contribution in [0.5, 0.6) is 0 Å². The molecule has 0 aliphatic rings. The molecule has 11 nitrogen and oxygen atoms in total. The molecule has 0 aliphatic carbocycles. The zero-order valence-corrected chi connectivity index (χ0v) is 20.7. The first-order valence-corrected chi connectivity index (χ1v) is 11.8. The number of hydrogen-bond donors (Lipinski definition) is 7. The fourth-order valence-corrected chi connectivity index (χ4v) is 3.46. The highest BCUT2D eigenvalue weighted by atomic mass is 32.1. The van der Waals surface area contributed by atoms with E-state index in [0.29, 0.717) is 0 Å². The van der Waals surface area contributed by atoms with Crippen molar-refractivity contribution < 1.29 is 34.2 Å². The molecule has 0 saturated heterocycles. The number of nitrogens with one attached hydrogen (secondary N) is 3. The van der Waals surface area contributed by atoms with Gasteiger partial charge in [-0.05, 0) is 30.7 Å². The Balaban J connectivity index is 2.83. The van der Waals surface area contributed by atoms with Gasteiger partial charge in [-0.3, -0.25) is 19.2 Å². The van der Waals surface area contributed by atoms with Gasteiger partial charge < -0.3 is 31.9 Å². The highest BCUT2D eigenvalue weighted by Crippen LogP contribution is 2.08. The van der Waals surface area contributed by atoms with E-state index < -0.39 is 60.2 Å². The van der Waals surface area contributed by atoms with Crippen molar-refractivity contribution in [3.05, 3.63) is 35.9 Å². The van der Waals surface area contributed by atoms with Crippen LogP contribution in [-0.4, -0.2) is 69.8 Å². The Morgan fingerprint density at radius 2 is 1.43 bits per heavy atom. The minimum Gasteiger partial charge on any atom is -0.481 e. The molecule has 0 heterocycles. The van der Waals surface area contributed by atoms with Gasteiger partial charge in [0.1, 0.15) is 18.1 Å². The van der Waals surface area contributed by atoms with Crippen molar-refractivity contribution in [2.75, 3.05) is 5.75 Å². The summed E-state index contributed by atoms with van der Waals surface area (Å²) >= 11 is 4.06. The van der Waals surface area contributed by atoms with Gasteiger partial charge >= 0.3 is 11.9 Å². The lowest BCUT2D eigenvalue weighted by atomic mass is 10.0. The standard InChI is InChI=1S/C23H34N4O7S/c1-13(2)10-17(26-20(30)15(24)11-14-6-4-3-5-7-14)21(31)27-18(12-35)22(32)25-16(23(33)34)8-9-19(28)29/h3-7,13,15-18,35H,8-12,24H2,1-2H3,(H,25,32)(H,26,30)(H,27,31)(H,28,29)(H,33,34). The van der Waals surface area contributed by atoms with Gasteiger partial charge in [-0.2, -0.15) is 12.6 Å². The summed E-state index contributed by atoms with van der Waals surface area (Å²) < 4.78 is 0. The Morgan fingerprint density at radius 1 is 0.886 bits per heavy atom. The predicted molar refractivity (Wildman–Crippen MR) is 132 cm³/mol. The molecule has 0 spiro atoms. The van der Waals surface area contributed by atoms with Crippen LogP contribution < -0.4 is 21.7 Å². The van der Waals surface area contributed by atoms with Gasteiger partial charge in [0, 0.05) is 12.2 Å². The Morgan fingerprint density at radius 3 is 1.94 bits per heavy atom. The highest BCUT2D eigenvalue weighted by molar-refractivity contribution is 7.80. The number of benzene rings is 1. The molecule has 1 aromatic rings. The number of nitrogens with two attached hydrogens (primary N) is 1. The second-order valence-electron chi connectivity index (χ2n) is 8.56. The maximum atomic E-state index is 12.9. The Hall–Kier alpha value is -3.12. The second-order valence-corrected chi connectivity index (χ2v) is 8.93. The summed E-state index contributed by atoms with van der Waals surface area (Å²) in [6.07, 6.45) is -0.236. The number of carbonyl (C=O) groups is 5. The third kappa shape index (κ3) is 11.2. The van der Waals surface area contributed by atoms with Crippen molar-refractivity contribution in [2.24, 2.45) is 11.7 Å². The van der Waals surface area contributed by atoms with Gasteiger partial charge in [0.2, 0.25) is 17.7 Å². The Kier molecular flexibility index (Phi) is 12.8. The largest absolute Gasteiger partial charge is 0.481 e. The van der Waals surface area contributed by atoms with Gasteiger partial charge in [-0.25, -0.2) is 4.79 Å². The summed E-state index contributed by atoms with van der Waals surface area (Å²) in [6.45, 7) is 3.72. The quantitative estimate of drug-likeness (QED) is 0.160. The van der Waals surface area contributed by atoms with Crippen LogP contribution in [0, 0.1) is 5.92 Å². The third-order valence-corrected chi connectivity index (χ3v) is 5.42. The number of carboxylic acid groups (broad SMARTS) is 2. The maximum Gasteiger partial charge on any atom is 0.326 e. The average Bonchev–Trinajstić information content (AvgIpc) is 2.79. The molecular formula is C23H34N4O7S. The van der Waals surface area contributed by atoms with Crippen LogP contribution in [0.4, 0.5) is 0 Å². The van der Waals surface area contributed by atoms with E-state index in [1.807, 2.05) is 44.2 Å². The van der Waals surface area contributed by atoms with E-state index in [-0.39, 0.29) is 30.9 Å². The summed E-state index contributed by atoms with van der Waals surface area (Å²) in [6, 6.07) is 4.64. The molecular weight excluding hydrogens is 476 g/mol. The SMILES string of the molecule is CC(C)CC(NC(=O)C(N)Cc1ccccc1)C(=O)NC(CS)C(=O)NC(CCC(=O)O)C(=O)O. The summed E-state index contributed by atoms with van der Waals surface area (Å²) in [5.41, 5.74) is 6.88. The molecule has 0 aromatic heterocycles. The molecule has 4 atom stereocenters. The second kappa shape index (κ2) is 15.0. The molecule has 0 fully saturated rings. The number of carbonyl (C=O) groups excluding carboxylic acids is 3. The molecule has 0 aliphatic heterocycles. The number of aliphatic carboxylic acids is 2. The monoisotopic (exact) mass is 510 g/mol. The summed E-state index contributed by atoms with van der Waals surface area (Å²) in [4.78, 5) is 60.2. The lowest BCUT2D eigenvalue weighted by Crippen LogP contribution is -2.58. The van der Waals surface area contributed by atoms with Gasteiger partial charge in [0.15, 0.2) is 0 Å². The Labute approximate surface area is 209 Å². The first-order valence-electron chi connectivity index (χ1n) is 11.2. The topological polar surface area (TPSA) is 188 Å². The summed E-state index contributed by atoms with van der Waals surface area (Å²) in [5.74, 6) is -4.75. The van der Waals surface area contributed by atoms with E-state index in [9.17, 15) is 29.1 Å². The molecule has 1 rings (SSSR count). The van der Waals surface area contributed by atoms with E-state index in [0.717, 1.165) is 5.56 Å². The van der Waals surface area contributed by atoms with E-state index in [1.54, 1.807) is 0 Å². The molecule has 0 bridgehead atoms. The molecule has 3 amide bonds. The zero-order chi connectivity index (χ0) is 26.5. The number of amides is 3. The lowest BCUT2D eigenvalue weighted by molar-refractivity contribution is -0.143. The molecule has 35 heavy (non-hydrogen) atoms. The molecule has 7 N–H and O–H groups in total. The average molecular weight is 511 g/mol. The normalized spacial score (nSPS) is 14.3. The van der Waals surface area contributed by atoms with Crippen molar-refractivity contribution in [3.63, 3.8) is 0 Å². The zero-order valence-electron chi connectivity index (χ0n) is 19.8. The fourth-order valence-electron chi connectivity index (χ4n) is 3.21. The number of carboxylic acids is 2. The van der Waals surface area contributed by atoms with Crippen LogP contribution in [0.3, 0.4) is 0 Å². The molecule has 4 unspecified atom stereocenters. The van der Waals surface area contributed by atoms with Crippen LogP contribution >= 0.6 is 12.6 Å². The van der Waals surface area contributed by atoms with Crippen molar-refractivity contribution in [1.29, 1.82) is 0 Å². The molecule has 0 saturated carbocycles. The Bertz CT molecular complexity index is 882. The summed E-state index contributed by atoms with van der Waals surface area (Å²) in [5, 5.41) is 25.3. The maximum absolute atomic E-state index is 12.9. The smallest absolute Gasteiger partial charge is 0.326 e.